The number of nitrogens with zero attached hydrogens (tertiary/aromatic N) is 2. The van der Waals surface area contributed by atoms with Crippen LogP contribution in [0.4, 0.5) is 11.4 Å². The van der Waals surface area contributed by atoms with E-state index in [-0.39, 0.29) is 0 Å². The van der Waals surface area contributed by atoms with E-state index in [0.717, 1.165) is 17.0 Å². The number of anilines is 2. The Morgan fingerprint density at radius 2 is 2.21 bits per heavy atom. The van der Waals surface area contributed by atoms with Crippen molar-refractivity contribution < 1.29 is 4.74 Å². The first kappa shape index (κ1) is 12.7. The van der Waals surface area contributed by atoms with Gasteiger partial charge < -0.3 is 15.8 Å². The molecule has 1 aromatic carbocycles. The van der Waals surface area contributed by atoms with Crippen LogP contribution in [-0.2, 0) is 6.54 Å². The summed E-state index contributed by atoms with van der Waals surface area (Å²) in [5.41, 5.74) is 8.61. The zero-order valence-corrected chi connectivity index (χ0v) is 10.6. The fraction of sp³-hybridized carbons (Fsp3) is 0.143. The Kier molecular flexibility index (Phi) is 3.84. The van der Waals surface area contributed by atoms with E-state index < -0.39 is 0 Å². The lowest BCUT2D eigenvalue weighted by molar-refractivity contribution is 0.410. The van der Waals surface area contributed by atoms with Gasteiger partial charge >= 0.3 is 0 Å². The number of methoxy groups -OCH3 is 1. The highest BCUT2D eigenvalue weighted by Gasteiger charge is 2.04. The van der Waals surface area contributed by atoms with Crippen molar-refractivity contribution in [2.75, 3.05) is 18.2 Å². The molecule has 5 nitrogen and oxygen atoms in total. The van der Waals surface area contributed by atoms with Gasteiger partial charge in [0, 0.05) is 29.7 Å². The van der Waals surface area contributed by atoms with Crippen LogP contribution >= 0.6 is 0 Å². The van der Waals surface area contributed by atoms with E-state index in [1.165, 1.54) is 0 Å². The Labute approximate surface area is 111 Å². The molecule has 0 saturated carbocycles. The predicted molar refractivity (Wildman–Crippen MR) is 73.7 cm³/mol. The van der Waals surface area contributed by atoms with Crippen molar-refractivity contribution in [3.05, 3.63) is 47.8 Å². The molecule has 1 heterocycles. The minimum absolute atomic E-state index is 0.379. The predicted octanol–water partition coefficient (Wildman–Crippen LogP) is 2.16. The number of nitrogens with one attached hydrogen (secondary N) is 1. The molecule has 3 N–H and O–H groups in total. The van der Waals surface area contributed by atoms with Crippen molar-refractivity contribution >= 4 is 11.4 Å². The SMILES string of the molecule is COc1ccc(N)cc1CNc1ccnc(C#N)c1. The Morgan fingerprint density at radius 3 is 2.95 bits per heavy atom. The van der Waals surface area contributed by atoms with Gasteiger partial charge in [-0.1, -0.05) is 0 Å². The molecule has 0 atom stereocenters. The first-order chi connectivity index (χ1) is 9.22. The normalized spacial score (nSPS) is 9.68. The third kappa shape index (κ3) is 3.13. The van der Waals surface area contributed by atoms with E-state index in [4.69, 9.17) is 15.7 Å². The Hall–Kier alpha value is -2.74. The van der Waals surface area contributed by atoms with Crippen molar-refractivity contribution in [3.8, 4) is 11.8 Å². The molecule has 0 saturated heterocycles. The van der Waals surface area contributed by atoms with Gasteiger partial charge in [0.1, 0.15) is 17.5 Å². The van der Waals surface area contributed by atoms with E-state index in [9.17, 15) is 0 Å². The topological polar surface area (TPSA) is 84.0 Å². The molecule has 1 aromatic heterocycles. The zero-order chi connectivity index (χ0) is 13.7. The Balaban J connectivity index is 2.14. The lowest BCUT2D eigenvalue weighted by atomic mass is 10.1. The molecule has 19 heavy (non-hydrogen) atoms. The highest BCUT2D eigenvalue weighted by molar-refractivity contribution is 5.51. The van der Waals surface area contributed by atoms with Crippen molar-refractivity contribution in [1.82, 2.24) is 4.98 Å². The van der Waals surface area contributed by atoms with E-state index in [1.54, 1.807) is 31.5 Å². The molecule has 2 aromatic rings. The van der Waals surface area contributed by atoms with Crippen LogP contribution in [0.5, 0.6) is 5.75 Å². The summed E-state index contributed by atoms with van der Waals surface area (Å²) < 4.78 is 5.27. The van der Waals surface area contributed by atoms with E-state index in [2.05, 4.69) is 10.3 Å². The molecule has 0 bridgehead atoms. The summed E-state index contributed by atoms with van der Waals surface area (Å²) in [5, 5.41) is 12.0. The van der Waals surface area contributed by atoms with Gasteiger partial charge in [-0.15, -0.1) is 0 Å². The summed E-state index contributed by atoms with van der Waals surface area (Å²) in [6.45, 7) is 0.559. The van der Waals surface area contributed by atoms with Gasteiger partial charge in [0.05, 0.1) is 7.11 Å². The lowest BCUT2D eigenvalue weighted by Gasteiger charge is -2.11. The van der Waals surface area contributed by atoms with Crippen molar-refractivity contribution in [3.63, 3.8) is 0 Å². The molecule has 0 aliphatic heterocycles. The van der Waals surface area contributed by atoms with E-state index in [0.29, 0.717) is 17.9 Å². The average molecular weight is 254 g/mol. The summed E-state index contributed by atoms with van der Waals surface area (Å²) in [5.74, 6) is 0.774. The van der Waals surface area contributed by atoms with Gasteiger partial charge in [-0.2, -0.15) is 5.26 Å². The number of nitrogen functional groups attached to an aromatic ring is 1. The van der Waals surface area contributed by atoms with Gasteiger partial charge in [0.2, 0.25) is 0 Å². The van der Waals surface area contributed by atoms with Crippen LogP contribution in [0, 0.1) is 11.3 Å². The van der Waals surface area contributed by atoms with Crippen LogP contribution in [0.15, 0.2) is 36.5 Å². The van der Waals surface area contributed by atoms with Crippen LogP contribution < -0.4 is 15.8 Å². The number of hydrogen-bond donors (Lipinski definition) is 2. The van der Waals surface area contributed by atoms with E-state index >= 15 is 0 Å². The summed E-state index contributed by atoms with van der Waals surface area (Å²) in [6.07, 6.45) is 1.59. The lowest BCUT2D eigenvalue weighted by Crippen LogP contribution is -2.03. The number of benzene rings is 1. The quantitative estimate of drug-likeness (QED) is 0.817. The van der Waals surface area contributed by atoms with Gasteiger partial charge in [-0.25, -0.2) is 4.98 Å². The molecule has 5 heteroatoms. The molecule has 96 valence electrons. The monoisotopic (exact) mass is 254 g/mol. The fourth-order valence-corrected chi connectivity index (χ4v) is 1.74. The first-order valence-electron chi connectivity index (χ1n) is 5.75. The molecule has 0 aliphatic rings. The third-order valence-electron chi connectivity index (χ3n) is 2.66. The van der Waals surface area contributed by atoms with Crippen LogP contribution in [0.2, 0.25) is 0 Å². The molecule has 0 spiro atoms. The zero-order valence-electron chi connectivity index (χ0n) is 10.6. The standard InChI is InChI=1S/C14H14N4O/c1-19-14-3-2-11(16)6-10(14)9-18-12-4-5-17-13(7-12)8-15/h2-7H,9,16H2,1H3,(H,17,18). The summed E-state index contributed by atoms with van der Waals surface area (Å²) in [6, 6.07) is 11.0. The number of nitrogens with two attached hydrogens (primary N) is 1. The molecular formula is C14H14N4O. The van der Waals surface area contributed by atoms with Gasteiger partial charge in [0.25, 0.3) is 0 Å². The van der Waals surface area contributed by atoms with Crippen LogP contribution in [0.1, 0.15) is 11.3 Å². The van der Waals surface area contributed by atoms with Gasteiger partial charge in [-0.05, 0) is 30.3 Å². The fourth-order valence-electron chi connectivity index (χ4n) is 1.74. The average Bonchev–Trinajstić information content (AvgIpc) is 2.45. The van der Waals surface area contributed by atoms with Crippen molar-refractivity contribution in [2.24, 2.45) is 0 Å². The number of ether oxygens (including phenoxy) is 1. The number of nitriles is 1. The summed E-state index contributed by atoms with van der Waals surface area (Å²) >= 11 is 0. The van der Waals surface area contributed by atoms with Crippen molar-refractivity contribution in [2.45, 2.75) is 6.54 Å². The number of pyridine rings is 1. The molecule has 2 rings (SSSR count). The number of rotatable bonds is 4. The second kappa shape index (κ2) is 5.74. The molecular weight excluding hydrogens is 240 g/mol. The van der Waals surface area contributed by atoms with Crippen LogP contribution in [-0.4, -0.2) is 12.1 Å². The minimum Gasteiger partial charge on any atom is -0.496 e. The second-order valence-corrected chi connectivity index (χ2v) is 3.97. The first-order valence-corrected chi connectivity index (χ1v) is 5.75. The number of aromatic nitrogens is 1. The van der Waals surface area contributed by atoms with Crippen LogP contribution in [0.3, 0.4) is 0 Å². The van der Waals surface area contributed by atoms with Crippen LogP contribution in [0.25, 0.3) is 0 Å². The largest absolute Gasteiger partial charge is 0.496 e. The highest BCUT2D eigenvalue weighted by Crippen LogP contribution is 2.22. The highest BCUT2D eigenvalue weighted by atomic mass is 16.5. The van der Waals surface area contributed by atoms with E-state index in [1.807, 2.05) is 18.2 Å². The third-order valence-corrected chi connectivity index (χ3v) is 2.66. The summed E-state index contributed by atoms with van der Waals surface area (Å²) in [7, 11) is 1.62. The second-order valence-electron chi connectivity index (χ2n) is 3.97. The minimum atomic E-state index is 0.379. The molecule has 0 amide bonds. The maximum absolute atomic E-state index is 8.79. The molecule has 0 radical (unpaired) electrons. The maximum Gasteiger partial charge on any atom is 0.142 e. The molecule has 0 aliphatic carbocycles. The van der Waals surface area contributed by atoms with Gasteiger partial charge in [0.15, 0.2) is 0 Å². The smallest absolute Gasteiger partial charge is 0.142 e. The van der Waals surface area contributed by atoms with Gasteiger partial charge in [-0.3, -0.25) is 0 Å². The van der Waals surface area contributed by atoms with Crippen molar-refractivity contribution in [1.29, 1.82) is 5.26 Å². The molecule has 0 fully saturated rings. The summed E-state index contributed by atoms with van der Waals surface area (Å²) in [4.78, 5) is 3.91. The maximum atomic E-state index is 8.79. The number of hydrogen-bond acceptors (Lipinski definition) is 5. The Bertz CT molecular complexity index is 619. The molecule has 0 unspecified atom stereocenters. The Morgan fingerprint density at radius 1 is 1.37 bits per heavy atom.